The topological polar surface area (TPSA) is 30.5 Å². The van der Waals surface area contributed by atoms with E-state index in [1.54, 1.807) is 0 Å². The highest BCUT2D eigenvalue weighted by Crippen LogP contribution is 2.23. The molecule has 0 spiro atoms. The molecule has 0 saturated carbocycles. The van der Waals surface area contributed by atoms with Crippen molar-refractivity contribution in [1.82, 2.24) is 5.32 Å². The molecule has 1 atom stereocenters. The summed E-state index contributed by atoms with van der Waals surface area (Å²) in [5.41, 5.74) is 0.0419. The van der Waals surface area contributed by atoms with Crippen molar-refractivity contribution in [3.8, 4) is 0 Å². The van der Waals surface area contributed by atoms with Gasteiger partial charge in [0.15, 0.2) is 0 Å². The first-order valence-corrected chi connectivity index (χ1v) is 6.09. The van der Waals surface area contributed by atoms with Gasteiger partial charge < -0.3 is 14.8 Å². The van der Waals surface area contributed by atoms with Gasteiger partial charge in [-0.3, -0.25) is 0 Å². The Kier molecular flexibility index (Phi) is 5.58. The molecular weight excluding hydrogens is 190 g/mol. The molecule has 1 fully saturated rings. The van der Waals surface area contributed by atoms with E-state index < -0.39 is 0 Å². The number of rotatable bonds is 6. The monoisotopic (exact) mass is 215 g/mol. The molecule has 1 rings (SSSR count). The summed E-state index contributed by atoms with van der Waals surface area (Å²) in [4.78, 5) is 0. The van der Waals surface area contributed by atoms with Gasteiger partial charge in [-0.25, -0.2) is 0 Å². The average molecular weight is 215 g/mol. The number of nitrogens with one attached hydrogen (secondary N) is 1. The summed E-state index contributed by atoms with van der Waals surface area (Å²) in [6.07, 6.45) is 3.32. The van der Waals surface area contributed by atoms with Crippen molar-refractivity contribution in [3.05, 3.63) is 0 Å². The summed E-state index contributed by atoms with van der Waals surface area (Å²) in [6, 6.07) is 0.596. The molecule has 0 aromatic heterocycles. The smallest absolute Gasteiger partial charge is 0.0641 e. The average Bonchev–Trinajstić information content (AvgIpc) is 2.16. The van der Waals surface area contributed by atoms with Gasteiger partial charge in [-0.15, -0.1) is 0 Å². The molecule has 0 amide bonds. The maximum absolute atomic E-state index is 5.67. The molecule has 1 heterocycles. The van der Waals surface area contributed by atoms with Crippen molar-refractivity contribution in [2.45, 2.75) is 51.7 Å². The van der Waals surface area contributed by atoms with Crippen LogP contribution in [0.15, 0.2) is 0 Å². The predicted molar refractivity (Wildman–Crippen MR) is 62.2 cm³/mol. The van der Waals surface area contributed by atoms with E-state index in [9.17, 15) is 0 Å². The molecule has 15 heavy (non-hydrogen) atoms. The van der Waals surface area contributed by atoms with Crippen LogP contribution in [0.5, 0.6) is 0 Å². The third-order valence-corrected chi connectivity index (χ3v) is 2.72. The highest BCUT2D eigenvalue weighted by atomic mass is 16.5. The second-order valence-corrected chi connectivity index (χ2v) is 4.86. The zero-order valence-corrected chi connectivity index (χ0v) is 10.3. The Morgan fingerprint density at radius 1 is 1.40 bits per heavy atom. The Balaban J connectivity index is 2.05. The third-order valence-electron chi connectivity index (χ3n) is 2.72. The molecule has 1 aliphatic rings. The summed E-state index contributed by atoms with van der Waals surface area (Å²) < 4.78 is 11.1. The van der Waals surface area contributed by atoms with E-state index in [0.29, 0.717) is 6.04 Å². The van der Waals surface area contributed by atoms with Gasteiger partial charge in [0.1, 0.15) is 0 Å². The molecule has 1 unspecified atom stereocenters. The lowest BCUT2D eigenvalue weighted by atomic mass is 9.94. The van der Waals surface area contributed by atoms with Gasteiger partial charge in [0, 0.05) is 25.8 Å². The van der Waals surface area contributed by atoms with E-state index >= 15 is 0 Å². The molecule has 1 N–H and O–H groups in total. The van der Waals surface area contributed by atoms with E-state index in [0.717, 1.165) is 45.6 Å². The molecular formula is C12H25NO2. The van der Waals surface area contributed by atoms with Gasteiger partial charge in [0.05, 0.1) is 12.2 Å². The van der Waals surface area contributed by atoms with Crippen molar-refractivity contribution in [1.29, 1.82) is 0 Å². The predicted octanol–water partition coefficient (Wildman–Crippen LogP) is 1.96. The van der Waals surface area contributed by atoms with Crippen LogP contribution in [0.2, 0.25) is 0 Å². The van der Waals surface area contributed by atoms with E-state index in [2.05, 4.69) is 26.1 Å². The second-order valence-electron chi connectivity index (χ2n) is 4.86. The van der Waals surface area contributed by atoms with Gasteiger partial charge in [-0.2, -0.15) is 0 Å². The van der Waals surface area contributed by atoms with Crippen molar-refractivity contribution >= 4 is 0 Å². The van der Waals surface area contributed by atoms with Gasteiger partial charge in [-0.05, 0) is 33.1 Å². The Hall–Kier alpha value is -0.120. The zero-order valence-electron chi connectivity index (χ0n) is 10.3. The quantitative estimate of drug-likeness (QED) is 0.687. The van der Waals surface area contributed by atoms with Crippen LogP contribution >= 0.6 is 0 Å². The highest BCUT2D eigenvalue weighted by Gasteiger charge is 2.28. The zero-order chi connectivity index (χ0) is 11.1. The van der Waals surface area contributed by atoms with Crippen molar-refractivity contribution in [2.24, 2.45) is 0 Å². The number of ether oxygens (including phenoxy) is 2. The third kappa shape index (κ3) is 5.50. The van der Waals surface area contributed by atoms with E-state index in [4.69, 9.17) is 9.47 Å². The summed E-state index contributed by atoms with van der Waals surface area (Å²) >= 11 is 0. The molecule has 1 saturated heterocycles. The number of hydrogen-bond acceptors (Lipinski definition) is 3. The first-order valence-electron chi connectivity index (χ1n) is 6.09. The SMILES string of the molecule is CCCOCCNC1CCOC(C)(C)C1. The largest absolute Gasteiger partial charge is 0.380 e. The first kappa shape index (κ1) is 12.9. The lowest BCUT2D eigenvalue weighted by Crippen LogP contribution is -2.44. The lowest BCUT2D eigenvalue weighted by molar-refractivity contribution is -0.0634. The molecule has 3 nitrogen and oxygen atoms in total. The number of hydrogen-bond donors (Lipinski definition) is 1. The highest BCUT2D eigenvalue weighted by molar-refractivity contribution is 4.82. The Morgan fingerprint density at radius 2 is 2.20 bits per heavy atom. The fourth-order valence-electron chi connectivity index (χ4n) is 1.99. The normalized spacial score (nSPS) is 25.4. The molecule has 0 aromatic carbocycles. The molecule has 3 heteroatoms. The molecule has 0 aromatic rings. The summed E-state index contributed by atoms with van der Waals surface area (Å²) in [5.74, 6) is 0. The first-order chi connectivity index (χ1) is 7.14. The molecule has 0 aliphatic carbocycles. The van der Waals surface area contributed by atoms with E-state index in [1.807, 2.05) is 0 Å². The molecule has 0 radical (unpaired) electrons. The van der Waals surface area contributed by atoms with Crippen LogP contribution in [0.1, 0.15) is 40.0 Å². The van der Waals surface area contributed by atoms with Crippen molar-refractivity contribution in [3.63, 3.8) is 0 Å². The van der Waals surface area contributed by atoms with E-state index in [-0.39, 0.29) is 5.60 Å². The Labute approximate surface area is 93.5 Å². The van der Waals surface area contributed by atoms with Gasteiger partial charge in [0.25, 0.3) is 0 Å². The second kappa shape index (κ2) is 6.46. The fraction of sp³-hybridized carbons (Fsp3) is 1.00. The van der Waals surface area contributed by atoms with Crippen LogP contribution in [0.3, 0.4) is 0 Å². The summed E-state index contributed by atoms with van der Waals surface area (Å²) in [6.45, 7) is 9.99. The Bertz CT molecular complexity index is 171. The van der Waals surface area contributed by atoms with Crippen LogP contribution in [0, 0.1) is 0 Å². The van der Waals surface area contributed by atoms with Gasteiger partial charge in [0.2, 0.25) is 0 Å². The maximum Gasteiger partial charge on any atom is 0.0641 e. The fourth-order valence-corrected chi connectivity index (χ4v) is 1.99. The minimum atomic E-state index is 0.0419. The van der Waals surface area contributed by atoms with Crippen molar-refractivity contribution < 1.29 is 9.47 Å². The molecule has 90 valence electrons. The van der Waals surface area contributed by atoms with Crippen molar-refractivity contribution in [2.75, 3.05) is 26.4 Å². The maximum atomic E-state index is 5.67. The van der Waals surface area contributed by atoms with E-state index in [1.165, 1.54) is 0 Å². The van der Waals surface area contributed by atoms with Gasteiger partial charge >= 0.3 is 0 Å². The Morgan fingerprint density at radius 3 is 2.87 bits per heavy atom. The van der Waals surface area contributed by atoms with Crippen LogP contribution in [0.4, 0.5) is 0 Å². The summed E-state index contributed by atoms with van der Waals surface area (Å²) in [7, 11) is 0. The minimum Gasteiger partial charge on any atom is -0.380 e. The van der Waals surface area contributed by atoms with Crippen LogP contribution in [-0.4, -0.2) is 38.0 Å². The molecule has 1 aliphatic heterocycles. The summed E-state index contributed by atoms with van der Waals surface area (Å²) in [5, 5.41) is 3.53. The minimum absolute atomic E-state index is 0.0419. The molecule has 0 bridgehead atoms. The van der Waals surface area contributed by atoms with Crippen LogP contribution in [-0.2, 0) is 9.47 Å². The standard InChI is InChI=1S/C12H25NO2/c1-4-7-14-9-6-13-11-5-8-15-12(2,3)10-11/h11,13H,4-10H2,1-3H3. The lowest BCUT2D eigenvalue weighted by Gasteiger charge is -2.35. The van der Waals surface area contributed by atoms with Crippen LogP contribution < -0.4 is 5.32 Å². The van der Waals surface area contributed by atoms with Crippen LogP contribution in [0.25, 0.3) is 0 Å². The van der Waals surface area contributed by atoms with Gasteiger partial charge in [-0.1, -0.05) is 6.92 Å².